The molecule has 1 aromatic heterocycles. The van der Waals surface area contributed by atoms with Gasteiger partial charge in [-0.05, 0) is 0 Å². The summed E-state index contributed by atoms with van der Waals surface area (Å²) in [6.07, 6.45) is 2.59. The van der Waals surface area contributed by atoms with E-state index in [2.05, 4.69) is 9.97 Å². The van der Waals surface area contributed by atoms with E-state index in [1.165, 1.54) is 12.4 Å². The highest BCUT2D eigenvalue weighted by Gasteiger charge is 2.01. The molecule has 0 unspecified atom stereocenters. The first kappa shape index (κ1) is 18.0. The third kappa shape index (κ3) is 5.31. The Kier molecular flexibility index (Phi) is 10.6. The lowest BCUT2D eigenvalue weighted by molar-refractivity contribution is 0.0995. The first-order chi connectivity index (χ1) is 4.70. The Bertz CT molecular complexity index is 271. The molecule has 0 aliphatic carbocycles. The largest absolute Gasteiger partial charge is 0.412 e. The second-order valence-electron chi connectivity index (χ2n) is 1.59. The van der Waals surface area contributed by atoms with E-state index in [1.54, 1.807) is 0 Å². The van der Waals surface area contributed by atoms with Crippen molar-refractivity contribution in [1.29, 1.82) is 0 Å². The minimum Gasteiger partial charge on any atom is -0.412 e. The van der Waals surface area contributed by atoms with Crippen molar-refractivity contribution in [3.63, 3.8) is 0 Å². The fourth-order valence-corrected chi connectivity index (χ4v) is 0.608. The van der Waals surface area contributed by atoms with Gasteiger partial charge in [0.05, 0.1) is 12.4 Å². The molecule has 8 heteroatoms. The fourth-order valence-electron chi connectivity index (χ4n) is 0.461. The molecule has 1 rings (SSSR count). The second kappa shape index (κ2) is 7.69. The van der Waals surface area contributed by atoms with Crippen LogP contribution in [0.1, 0.15) is 10.5 Å². The first-order valence-corrected chi connectivity index (χ1v) is 2.85. The van der Waals surface area contributed by atoms with Gasteiger partial charge in [0.15, 0.2) is 0 Å². The highest BCUT2D eigenvalue weighted by molar-refractivity contribution is 6.29. The smallest absolute Gasteiger partial charge is 0.268 e. The average Bonchev–Trinajstić information content (AvgIpc) is 1.88. The van der Waals surface area contributed by atoms with Crippen LogP contribution >= 0.6 is 24.0 Å². The van der Waals surface area contributed by atoms with Gasteiger partial charge in [-0.1, -0.05) is 11.6 Å². The minimum atomic E-state index is -0.630. The van der Waals surface area contributed by atoms with E-state index >= 15 is 0 Å². The van der Waals surface area contributed by atoms with Crippen molar-refractivity contribution >= 4 is 29.9 Å². The lowest BCUT2D eigenvalue weighted by Gasteiger charge is -1.91. The minimum absolute atomic E-state index is 0. The van der Waals surface area contributed by atoms with Crippen LogP contribution < -0.4 is 5.73 Å². The number of nitrogens with zero attached hydrogens (tertiary/aromatic N) is 2. The molecule has 0 saturated carbocycles. The second-order valence-corrected chi connectivity index (χ2v) is 1.98. The number of nitrogens with two attached hydrogens (primary N) is 1. The maximum Gasteiger partial charge on any atom is 0.268 e. The van der Waals surface area contributed by atoms with E-state index in [4.69, 9.17) is 17.3 Å². The van der Waals surface area contributed by atoms with Crippen molar-refractivity contribution in [2.75, 3.05) is 0 Å². The predicted octanol–water partition coefficient (Wildman–Crippen LogP) is -0.999. The fraction of sp³-hybridized carbons (Fsp3) is 0. The van der Waals surface area contributed by atoms with Crippen LogP contribution in [0.15, 0.2) is 12.4 Å². The summed E-state index contributed by atoms with van der Waals surface area (Å²) in [7, 11) is 0. The summed E-state index contributed by atoms with van der Waals surface area (Å²) in [5.74, 6) is -0.630. The molecule has 13 heavy (non-hydrogen) atoms. The van der Waals surface area contributed by atoms with Gasteiger partial charge >= 0.3 is 0 Å². The number of carbonyl (C=O) groups excluding carboxylic acids is 1. The van der Waals surface area contributed by atoms with Gasteiger partial charge in [-0.2, -0.15) is 0 Å². The van der Waals surface area contributed by atoms with Crippen molar-refractivity contribution in [2.45, 2.75) is 0 Å². The molecule has 0 aliphatic rings. The molecule has 0 saturated heterocycles. The standard InChI is InChI=1S/C5H4ClN3O.ClH.2H2O/c6-4-2-8-1-3(9-4)5(7)10;;;/h1-2H,(H2,7,10);1H;2*1H2. The summed E-state index contributed by atoms with van der Waals surface area (Å²) < 4.78 is 0. The maximum absolute atomic E-state index is 10.4. The van der Waals surface area contributed by atoms with Crippen molar-refractivity contribution in [3.8, 4) is 0 Å². The lowest BCUT2D eigenvalue weighted by atomic mass is 10.4. The van der Waals surface area contributed by atoms with Crippen LogP contribution in [0.5, 0.6) is 0 Å². The van der Waals surface area contributed by atoms with Crippen LogP contribution in [0, 0.1) is 0 Å². The molecule has 76 valence electrons. The molecule has 6 nitrogen and oxygen atoms in total. The van der Waals surface area contributed by atoms with E-state index in [0.29, 0.717) is 0 Å². The van der Waals surface area contributed by atoms with Crippen LogP contribution in [0.2, 0.25) is 5.15 Å². The zero-order valence-electron chi connectivity index (χ0n) is 6.32. The number of amides is 1. The van der Waals surface area contributed by atoms with E-state index in [9.17, 15) is 4.79 Å². The van der Waals surface area contributed by atoms with Crippen LogP contribution in [0.25, 0.3) is 0 Å². The number of carbonyl (C=O) groups is 1. The highest BCUT2D eigenvalue weighted by Crippen LogP contribution is 2.00. The topological polar surface area (TPSA) is 132 Å². The molecule has 0 spiro atoms. The Morgan fingerprint density at radius 2 is 1.92 bits per heavy atom. The summed E-state index contributed by atoms with van der Waals surface area (Å²) in [6.45, 7) is 0. The molecule has 0 aromatic carbocycles. The van der Waals surface area contributed by atoms with Crippen molar-refractivity contribution in [2.24, 2.45) is 5.73 Å². The first-order valence-electron chi connectivity index (χ1n) is 2.47. The Morgan fingerprint density at radius 1 is 1.38 bits per heavy atom. The Hall–Kier alpha value is -0.950. The van der Waals surface area contributed by atoms with Gasteiger partial charge < -0.3 is 16.7 Å². The molecule has 0 bridgehead atoms. The molecular formula is C5H9Cl2N3O3. The summed E-state index contributed by atoms with van der Waals surface area (Å²) in [5, 5.41) is 0.163. The molecule has 0 fully saturated rings. The van der Waals surface area contributed by atoms with Crippen LogP contribution in [-0.2, 0) is 0 Å². The molecule has 1 heterocycles. The Morgan fingerprint density at radius 3 is 2.23 bits per heavy atom. The van der Waals surface area contributed by atoms with Gasteiger partial charge in [-0.3, -0.25) is 9.78 Å². The summed E-state index contributed by atoms with van der Waals surface area (Å²) >= 11 is 5.41. The van der Waals surface area contributed by atoms with Crippen molar-refractivity contribution in [1.82, 2.24) is 9.97 Å². The number of rotatable bonds is 1. The third-order valence-corrected chi connectivity index (χ3v) is 1.04. The summed E-state index contributed by atoms with van der Waals surface area (Å²) in [4.78, 5) is 17.6. The molecule has 6 N–H and O–H groups in total. The Balaban J connectivity index is -0.000000333. The SMILES string of the molecule is Cl.NC(=O)c1cncc(Cl)n1.O.O. The molecule has 0 aliphatic heterocycles. The molecule has 0 radical (unpaired) electrons. The number of primary amides is 1. The molecule has 1 amide bonds. The van der Waals surface area contributed by atoms with Crippen molar-refractivity contribution < 1.29 is 15.7 Å². The maximum atomic E-state index is 10.4. The van der Waals surface area contributed by atoms with E-state index < -0.39 is 5.91 Å². The van der Waals surface area contributed by atoms with Crippen molar-refractivity contribution in [3.05, 3.63) is 23.2 Å². The van der Waals surface area contributed by atoms with E-state index in [1.807, 2.05) is 0 Å². The van der Waals surface area contributed by atoms with Crippen LogP contribution in [0.4, 0.5) is 0 Å². The van der Waals surface area contributed by atoms with Crippen LogP contribution in [-0.4, -0.2) is 26.8 Å². The zero-order chi connectivity index (χ0) is 7.56. The van der Waals surface area contributed by atoms with E-state index in [-0.39, 0.29) is 34.2 Å². The number of aromatic nitrogens is 2. The average molecular weight is 230 g/mol. The highest BCUT2D eigenvalue weighted by atomic mass is 35.5. The lowest BCUT2D eigenvalue weighted by Crippen LogP contribution is -2.13. The summed E-state index contributed by atoms with van der Waals surface area (Å²) in [6, 6.07) is 0. The van der Waals surface area contributed by atoms with Gasteiger partial charge in [0.25, 0.3) is 5.91 Å². The number of hydrogen-bond acceptors (Lipinski definition) is 3. The van der Waals surface area contributed by atoms with Crippen LogP contribution in [0.3, 0.4) is 0 Å². The van der Waals surface area contributed by atoms with Gasteiger partial charge in [0, 0.05) is 0 Å². The normalized spacial score (nSPS) is 7.15. The number of halogens is 2. The molecular weight excluding hydrogens is 221 g/mol. The molecule has 0 atom stereocenters. The van der Waals surface area contributed by atoms with Gasteiger partial charge in [-0.15, -0.1) is 12.4 Å². The van der Waals surface area contributed by atoms with Gasteiger partial charge in [0.1, 0.15) is 10.8 Å². The molecule has 1 aromatic rings. The van der Waals surface area contributed by atoms with Gasteiger partial charge in [0.2, 0.25) is 0 Å². The van der Waals surface area contributed by atoms with Gasteiger partial charge in [-0.25, -0.2) is 4.98 Å². The Labute approximate surface area is 85.2 Å². The number of hydrogen-bond donors (Lipinski definition) is 1. The van der Waals surface area contributed by atoms with E-state index in [0.717, 1.165) is 0 Å². The third-order valence-electron chi connectivity index (χ3n) is 0.858. The summed E-state index contributed by atoms with van der Waals surface area (Å²) in [5.41, 5.74) is 4.96. The monoisotopic (exact) mass is 229 g/mol. The quantitative estimate of drug-likeness (QED) is 0.663. The zero-order valence-corrected chi connectivity index (χ0v) is 7.89. The predicted molar refractivity (Wildman–Crippen MR) is 50.0 cm³/mol.